The van der Waals surface area contributed by atoms with E-state index >= 15 is 0 Å². The molecule has 1 saturated carbocycles. The molecule has 2 saturated heterocycles. The quantitative estimate of drug-likeness (QED) is 0.552. The molecule has 3 aliphatic rings. The van der Waals surface area contributed by atoms with Crippen molar-refractivity contribution in [1.82, 2.24) is 29.6 Å². The van der Waals surface area contributed by atoms with Crippen LogP contribution < -0.4 is 10.1 Å². The number of aromatic nitrogens is 5. The van der Waals surface area contributed by atoms with E-state index in [0.717, 1.165) is 94.9 Å². The Morgan fingerprint density at radius 1 is 0.889 bits per heavy atom. The highest BCUT2D eigenvalue weighted by Gasteiger charge is 2.28. The van der Waals surface area contributed by atoms with Crippen LogP contribution in [0.5, 0.6) is 5.88 Å². The van der Waals surface area contributed by atoms with Gasteiger partial charge in [0.1, 0.15) is 6.10 Å². The van der Waals surface area contributed by atoms with Crippen molar-refractivity contribution in [2.45, 2.75) is 63.6 Å². The number of rotatable bonds is 6. The van der Waals surface area contributed by atoms with Crippen molar-refractivity contribution in [3.05, 3.63) is 30.2 Å². The minimum atomic E-state index is 0.131. The van der Waals surface area contributed by atoms with Crippen LogP contribution in [-0.4, -0.2) is 81.3 Å². The van der Waals surface area contributed by atoms with Crippen LogP contribution in [0.3, 0.4) is 0 Å². The molecular formula is C26H35N7O3. The van der Waals surface area contributed by atoms with E-state index in [-0.39, 0.29) is 6.10 Å². The summed E-state index contributed by atoms with van der Waals surface area (Å²) in [6.07, 6.45) is 10.2. The van der Waals surface area contributed by atoms with E-state index in [2.05, 4.69) is 15.3 Å². The molecule has 0 amide bonds. The second kappa shape index (κ2) is 10.7. The average molecular weight is 494 g/mol. The van der Waals surface area contributed by atoms with E-state index < -0.39 is 0 Å². The molecule has 5 heterocycles. The van der Waals surface area contributed by atoms with Crippen LogP contribution in [0.15, 0.2) is 24.5 Å². The minimum Gasteiger partial charge on any atom is -0.473 e. The van der Waals surface area contributed by atoms with Crippen molar-refractivity contribution in [2.75, 3.05) is 44.8 Å². The summed E-state index contributed by atoms with van der Waals surface area (Å²) in [5, 5.41) is 7.89. The largest absolute Gasteiger partial charge is 0.473 e. The van der Waals surface area contributed by atoms with Gasteiger partial charge in [0, 0.05) is 44.2 Å². The molecule has 0 aromatic carbocycles. The van der Waals surface area contributed by atoms with E-state index in [9.17, 15) is 0 Å². The lowest BCUT2D eigenvalue weighted by Crippen LogP contribution is -2.46. The number of aryl methyl sites for hydroxylation is 1. The number of ether oxygens (including phenoxy) is 3. The number of fused-ring (bicyclic) bond motifs is 1. The molecule has 1 N–H and O–H groups in total. The summed E-state index contributed by atoms with van der Waals surface area (Å²) in [7, 11) is 0. The van der Waals surface area contributed by atoms with Crippen LogP contribution in [0.2, 0.25) is 0 Å². The first-order chi connectivity index (χ1) is 17.7. The van der Waals surface area contributed by atoms with Gasteiger partial charge in [-0.25, -0.2) is 9.97 Å². The predicted octanol–water partition coefficient (Wildman–Crippen LogP) is 3.65. The number of nitrogens with one attached hydrogen (secondary N) is 1. The molecule has 10 heteroatoms. The molecule has 6 rings (SSSR count). The Labute approximate surface area is 211 Å². The summed E-state index contributed by atoms with van der Waals surface area (Å²) in [5.41, 5.74) is 3.27. The highest BCUT2D eigenvalue weighted by atomic mass is 16.5. The second-order valence-corrected chi connectivity index (χ2v) is 10.0. The van der Waals surface area contributed by atoms with Crippen molar-refractivity contribution in [1.29, 1.82) is 0 Å². The first-order valence-electron chi connectivity index (χ1n) is 13.2. The van der Waals surface area contributed by atoms with E-state index in [1.165, 1.54) is 0 Å². The number of hydrogen-bond donors (Lipinski definition) is 1. The third-order valence-corrected chi connectivity index (χ3v) is 7.56. The molecule has 3 aromatic heterocycles. The van der Waals surface area contributed by atoms with Gasteiger partial charge in [-0.2, -0.15) is 10.1 Å². The molecule has 3 fully saturated rings. The van der Waals surface area contributed by atoms with Gasteiger partial charge in [-0.3, -0.25) is 9.58 Å². The summed E-state index contributed by atoms with van der Waals surface area (Å²) >= 11 is 0. The summed E-state index contributed by atoms with van der Waals surface area (Å²) in [5.74, 6) is 1.05. The molecule has 0 bridgehead atoms. The van der Waals surface area contributed by atoms with Crippen molar-refractivity contribution in [2.24, 2.45) is 0 Å². The van der Waals surface area contributed by atoms with Crippen LogP contribution in [0.1, 0.15) is 50.3 Å². The van der Waals surface area contributed by atoms with Gasteiger partial charge in [0.15, 0.2) is 5.52 Å². The summed E-state index contributed by atoms with van der Waals surface area (Å²) in [6, 6.07) is 4.95. The molecule has 1 aliphatic carbocycles. The molecule has 0 radical (unpaired) electrons. The lowest BCUT2D eigenvalue weighted by molar-refractivity contribution is -0.00126. The average Bonchev–Trinajstić information content (AvgIpc) is 3.39. The van der Waals surface area contributed by atoms with Gasteiger partial charge in [0.05, 0.1) is 36.7 Å². The Balaban J connectivity index is 1.17. The molecular weight excluding hydrogens is 458 g/mol. The fourth-order valence-electron chi connectivity index (χ4n) is 5.53. The van der Waals surface area contributed by atoms with Crippen LogP contribution >= 0.6 is 0 Å². The van der Waals surface area contributed by atoms with E-state index in [4.69, 9.17) is 29.2 Å². The lowest BCUT2D eigenvalue weighted by Gasteiger charge is -2.38. The molecule has 2 aliphatic heterocycles. The van der Waals surface area contributed by atoms with Gasteiger partial charge in [0.2, 0.25) is 11.8 Å². The Kier molecular flexibility index (Phi) is 6.98. The number of pyridine rings is 1. The Hall–Kier alpha value is -2.82. The van der Waals surface area contributed by atoms with Crippen LogP contribution in [-0.2, 0) is 9.47 Å². The third kappa shape index (κ3) is 5.30. The van der Waals surface area contributed by atoms with Gasteiger partial charge in [-0.05, 0) is 57.6 Å². The van der Waals surface area contributed by atoms with Crippen molar-refractivity contribution in [3.63, 3.8) is 0 Å². The van der Waals surface area contributed by atoms with Crippen LogP contribution in [0.25, 0.3) is 11.0 Å². The monoisotopic (exact) mass is 493 g/mol. The van der Waals surface area contributed by atoms with Crippen molar-refractivity contribution in [3.8, 4) is 5.88 Å². The van der Waals surface area contributed by atoms with Gasteiger partial charge in [-0.1, -0.05) is 0 Å². The number of hydrogen-bond acceptors (Lipinski definition) is 9. The molecule has 0 unspecified atom stereocenters. The Bertz CT molecular complexity index is 1170. The maximum Gasteiger partial charge on any atom is 0.245 e. The zero-order valence-electron chi connectivity index (χ0n) is 20.9. The number of morpholine rings is 1. The van der Waals surface area contributed by atoms with Gasteiger partial charge < -0.3 is 19.5 Å². The van der Waals surface area contributed by atoms with E-state index in [0.29, 0.717) is 29.4 Å². The summed E-state index contributed by atoms with van der Waals surface area (Å²) in [6.45, 7) is 7.31. The topological polar surface area (TPSA) is 99.5 Å². The molecule has 3 aromatic rings. The molecule has 10 nitrogen and oxygen atoms in total. The zero-order valence-corrected chi connectivity index (χ0v) is 20.9. The number of nitrogens with zero attached hydrogens (tertiary/aromatic N) is 6. The highest BCUT2D eigenvalue weighted by Crippen LogP contribution is 2.31. The summed E-state index contributed by atoms with van der Waals surface area (Å²) < 4.78 is 19.5. The van der Waals surface area contributed by atoms with Crippen molar-refractivity contribution >= 4 is 22.7 Å². The zero-order chi connectivity index (χ0) is 24.3. The summed E-state index contributed by atoms with van der Waals surface area (Å²) in [4.78, 5) is 16.8. The fourth-order valence-corrected chi connectivity index (χ4v) is 5.53. The van der Waals surface area contributed by atoms with E-state index in [1.54, 1.807) is 0 Å². The SMILES string of the molecule is Cc1ccc2nc(Nc3cnn(C4CCOCC4)c3)nc(O[C@H]3CC[C@H](N4CCOCC4)CC3)c2n1. The molecule has 0 atom stereocenters. The maximum absolute atomic E-state index is 6.51. The van der Waals surface area contributed by atoms with Gasteiger partial charge in [-0.15, -0.1) is 0 Å². The standard InChI is InChI=1S/C26H35N7O3/c1-18-2-7-23-24(28-18)25(36-22-5-3-20(4-6-22)32-10-14-35-15-11-32)31-26(30-23)29-19-16-27-33(17-19)21-8-12-34-13-9-21/h2,7,16-17,20-22H,3-6,8-15H2,1H3,(H,29,30,31)/t20-,22-. The van der Waals surface area contributed by atoms with Gasteiger partial charge >= 0.3 is 0 Å². The fraction of sp³-hybridized carbons (Fsp3) is 0.615. The Morgan fingerprint density at radius 2 is 1.67 bits per heavy atom. The third-order valence-electron chi connectivity index (χ3n) is 7.56. The van der Waals surface area contributed by atoms with Crippen molar-refractivity contribution < 1.29 is 14.2 Å². The maximum atomic E-state index is 6.51. The van der Waals surface area contributed by atoms with Crippen LogP contribution in [0.4, 0.5) is 11.6 Å². The molecule has 192 valence electrons. The van der Waals surface area contributed by atoms with Gasteiger partial charge in [0.25, 0.3) is 0 Å². The predicted molar refractivity (Wildman–Crippen MR) is 136 cm³/mol. The first-order valence-corrected chi connectivity index (χ1v) is 13.2. The second-order valence-electron chi connectivity index (χ2n) is 10.0. The first kappa shape index (κ1) is 23.6. The molecule has 0 spiro atoms. The highest BCUT2D eigenvalue weighted by molar-refractivity contribution is 5.81. The lowest BCUT2D eigenvalue weighted by atomic mass is 9.91. The number of anilines is 2. The van der Waals surface area contributed by atoms with E-state index in [1.807, 2.05) is 36.1 Å². The smallest absolute Gasteiger partial charge is 0.245 e. The minimum absolute atomic E-state index is 0.131. The Morgan fingerprint density at radius 3 is 2.47 bits per heavy atom. The van der Waals surface area contributed by atoms with Crippen LogP contribution in [0, 0.1) is 6.92 Å². The normalized spacial score (nSPS) is 24.1. The molecule has 36 heavy (non-hydrogen) atoms.